The lowest BCUT2D eigenvalue weighted by atomic mass is 10.0. The molecule has 2 unspecified atom stereocenters. The Hall–Kier alpha value is -1.86. The number of allylic oxidation sites excluding steroid dienone is 4. The molecule has 0 spiro atoms. The first-order valence-electron chi connectivity index (χ1n) is 17.9. The summed E-state index contributed by atoms with van der Waals surface area (Å²) in [7, 11) is -2.16. The SMILES string of the molecule is CCCCCCCCCCCCCCCCCC[Si](C1=C(C)C(C)=C(C)C1C)(c1ccccc1)c1cc(C)cc(C)c1. The second-order valence-corrected chi connectivity index (χ2v) is 17.8. The molecule has 0 saturated heterocycles. The molecule has 0 radical (unpaired) electrons. The van der Waals surface area contributed by atoms with Gasteiger partial charge in [-0.05, 0) is 62.5 Å². The lowest BCUT2D eigenvalue weighted by molar-refractivity contribution is 0.531. The first-order valence-corrected chi connectivity index (χ1v) is 20.1. The van der Waals surface area contributed by atoms with Crippen LogP contribution in [0.5, 0.6) is 0 Å². The van der Waals surface area contributed by atoms with E-state index in [2.05, 4.69) is 97.0 Å². The molecule has 0 nitrogen and oxygen atoms in total. The Labute approximate surface area is 262 Å². The standard InChI is InChI=1S/C41H64Si/c1-8-9-10-11-12-13-14-15-16-17-18-19-20-21-22-26-29-42(39-27-24-23-25-28-39,40-31-33(2)30-34(3)32-40)41-37(6)35(4)36(5)38(41)7/h23-25,27-28,30-32,37H,8-22,26,29H2,1-7H3. The molecule has 0 aromatic heterocycles. The van der Waals surface area contributed by atoms with Crippen LogP contribution in [0.25, 0.3) is 0 Å². The van der Waals surface area contributed by atoms with E-state index in [1.54, 1.807) is 32.3 Å². The van der Waals surface area contributed by atoms with Gasteiger partial charge >= 0.3 is 0 Å². The fourth-order valence-electron chi connectivity index (χ4n) is 7.84. The van der Waals surface area contributed by atoms with Crippen molar-refractivity contribution in [2.24, 2.45) is 5.92 Å². The molecule has 0 bridgehead atoms. The molecule has 1 aliphatic rings. The minimum absolute atomic E-state index is 0.541. The largest absolute Gasteiger partial charge is 0.145 e. The first-order chi connectivity index (χ1) is 20.3. The molecule has 0 fully saturated rings. The Balaban J connectivity index is 1.59. The Kier molecular flexibility index (Phi) is 14.9. The third kappa shape index (κ3) is 9.32. The van der Waals surface area contributed by atoms with Crippen molar-refractivity contribution in [1.82, 2.24) is 0 Å². The molecule has 0 amide bonds. The zero-order valence-electron chi connectivity index (χ0n) is 28.7. The van der Waals surface area contributed by atoms with E-state index in [1.165, 1.54) is 120 Å². The minimum atomic E-state index is -2.16. The van der Waals surface area contributed by atoms with E-state index in [1.807, 2.05) is 0 Å². The van der Waals surface area contributed by atoms with Crippen LogP contribution in [0.4, 0.5) is 0 Å². The van der Waals surface area contributed by atoms with E-state index in [0.29, 0.717) is 5.92 Å². The van der Waals surface area contributed by atoms with Gasteiger partial charge in [0.2, 0.25) is 0 Å². The summed E-state index contributed by atoms with van der Waals surface area (Å²) in [5, 5.41) is 5.03. The predicted octanol–water partition coefficient (Wildman–Crippen LogP) is 12.0. The molecule has 1 heteroatoms. The molecule has 1 aliphatic carbocycles. The smallest absolute Gasteiger partial charge is 0.0654 e. The fourth-order valence-corrected chi connectivity index (χ4v) is 13.9. The average Bonchev–Trinajstić information content (AvgIpc) is 3.17. The lowest BCUT2D eigenvalue weighted by Gasteiger charge is -2.39. The number of hydrogen-bond acceptors (Lipinski definition) is 0. The monoisotopic (exact) mass is 584 g/mol. The highest BCUT2D eigenvalue weighted by atomic mass is 28.3. The van der Waals surface area contributed by atoms with Gasteiger partial charge in [-0.3, -0.25) is 0 Å². The minimum Gasteiger partial charge on any atom is -0.0654 e. The molecule has 2 aromatic carbocycles. The zero-order valence-corrected chi connectivity index (χ0v) is 29.7. The van der Waals surface area contributed by atoms with Crippen LogP contribution in [0.3, 0.4) is 0 Å². The van der Waals surface area contributed by atoms with E-state index < -0.39 is 8.07 Å². The highest BCUT2D eigenvalue weighted by molar-refractivity contribution is 7.07. The van der Waals surface area contributed by atoms with Gasteiger partial charge in [-0.2, -0.15) is 0 Å². The van der Waals surface area contributed by atoms with Gasteiger partial charge in [0.25, 0.3) is 0 Å². The molecular formula is C41H64Si. The molecule has 2 aromatic rings. The summed E-state index contributed by atoms with van der Waals surface area (Å²) in [5.41, 5.74) is 7.55. The summed E-state index contributed by atoms with van der Waals surface area (Å²) in [6.45, 7) is 16.6. The summed E-state index contributed by atoms with van der Waals surface area (Å²) in [6, 6.07) is 20.5. The van der Waals surface area contributed by atoms with Crippen molar-refractivity contribution in [2.45, 2.75) is 157 Å². The van der Waals surface area contributed by atoms with Crippen molar-refractivity contribution in [1.29, 1.82) is 0 Å². The second kappa shape index (κ2) is 18.1. The van der Waals surface area contributed by atoms with Gasteiger partial charge in [0.1, 0.15) is 8.07 Å². The number of benzene rings is 2. The topological polar surface area (TPSA) is 0 Å². The zero-order chi connectivity index (χ0) is 30.4. The summed E-state index contributed by atoms with van der Waals surface area (Å²) in [5.74, 6) is 0.541. The quantitative estimate of drug-likeness (QED) is 0.107. The van der Waals surface area contributed by atoms with Gasteiger partial charge in [-0.25, -0.2) is 0 Å². The van der Waals surface area contributed by atoms with Crippen LogP contribution < -0.4 is 10.4 Å². The van der Waals surface area contributed by atoms with Crippen LogP contribution in [-0.4, -0.2) is 8.07 Å². The number of unbranched alkanes of at least 4 members (excludes halogenated alkanes) is 15. The Bertz CT molecular complexity index is 1120. The third-order valence-corrected chi connectivity index (χ3v) is 15.9. The van der Waals surface area contributed by atoms with Crippen LogP contribution in [0.15, 0.2) is 70.4 Å². The average molecular weight is 585 g/mol. The third-order valence-electron chi connectivity index (χ3n) is 10.5. The molecule has 0 saturated carbocycles. The molecular weight excluding hydrogens is 521 g/mol. The van der Waals surface area contributed by atoms with Crippen LogP contribution in [0.2, 0.25) is 6.04 Å². The van der Waals surface area contributed by atoms with Crippen LogP contribution in [-0.2, 0) is 0 Å². The van der Waals surface area contributed by atoms with E-state index in [0.717, 1.165) is 0 Å². The maximum atomic E-state index is 2.55. The molecule has 2 atom stereocenters. The Morgan fingerprint density at radius 2 is 0.976 bits per heavy atom. The maximum absolute atomic E-state index is 2.55. The number of hydrogen-bond donors (Lipinski definition) is 0. The Morgan fingerprint density at radius 3 is 1.40 bits per heavy atom. The second-order valence-electron chi connectivity index (χ2n) is 13.8. The fraction of sp³-hybridized carbons (Fsp3) is 0.610. The Morgan fingerprint density at radius 1 is 0.524 bits per heavy atom. The van der Waals surface area contributed by atoms with Crippen LogP contribution in [0.1, 0.15) is 148 Å². The maximum Gasteiger partial charge on any atom is 0.145 e. The van der Waals surface area contributed by atoms with Crippen molar-refractivity contribution in [3.05, 3.63) is 81.6 Å². The van der Waals surface area contributed by atoms with Crippen LogP contribution >= 0.6 is 0 Å². The van der Waals surface area contributed by atoms with Crippen LogP contribution in [0, 0.1) is 19.8 Å². The van der Waals surface area contributed by atoms with E-state index in [4.69, 9.17) is 0 Å². The summed E-state index contributed by atoms with van der Waals surface area (Å²) >= 11 is 0. The summed E-state index contributed by atoms with van der Waals surface area (Å²) in [6.07, 6.45) is 22.8. The number of aryl methyl sites for hydroxylation is 2. The van der Waals surface area contributed by atoms with Gasteiger partial charge in [0.05, 0.1) is 0 Å². The first kappa shape index (κ1) is 34.6. The van der Waals surface area contributed by atoms with Crippen molar-refractivity contribution >= 4 is 18.4 Å². The van der Waals surface area contributed by atoms with E-state index >= 15 is 0 Å². The van der Waals surface area contributed by atoms with Crippen molar-refractivity contribution in [2.75, 3.05) is 0 Å². The number of rotatable bonds is 20. The lowest BCUT2D eigenvalue weighted by Crippen LogP contribution is -2.61. The van der Waals surface area contributed by atoms with E-state index in [9.17, 15) is 0 Å². The highest BCUT2D eigenvalue weighted by Gasteiger charge is 2.45. The molecule has 42 heavy (non-hydrogen) atoms. The van der Waals surface area contributed by atoms with Crippen molar-refractivity contribution < 1.29 is 0 Å². The predicted molar refractivity (Wildman–Crippen MR) is 192 cm³/mol. The summed E-state index contributed by atoms with van der Waals surface area (Å²) < 4.78 is 0. The molecule has 232 valence electrons. The van der Waals surface area contributed by atoms with Gasteiger partial charge in [-0.15, -0.1) is 0 Å². The van der Waals surface area contributed by atoms with Gasteiger partial charge in [-0.1, -0.05) is 193 Å². The molecule has 0 N–H and O–H groups in total. The highest BCUT2D eigenvalue weighted by Crippen LogP contribution is 2.43. The van der Waals surface area contributed by atoms with Gasteiger partial charge < -0.3 is 0 Å². The summed E-state index contributed by atoms with van der Waals surface area (Å²) in [4.78, 5) is 0. The normalized spacial score (nSPS) is 16.9. The molecule has 0 heterocycles. The molecule has 0 aliphatic heterocycles. The van der Waals surface area contributed by atoms with E-state index in [-0.39, 0.29) is 0 Å². The van der Waals surface area contributed by atoms with Crippen molar-refractivity contribution in [3.8, 4) is 0 Å². The van der Waals surface area contributed by atoms with Crippen molar-refractivity contribution in [3.63, 3.8) is 0 Å². The molecule has 3 rings (SSSR count). The van der Waals surface area contributed by atoms with Gasteiger partial charge in [0, 0.05) is 0 Å². The van der Waals surface area contributed by atoms with Gasteiger partial charge in [0.15, 0.2) is 0 Å².